The first-order valence-corrected chi connectivity index (χ1v) is 7.62. The second-order valence-corrected chi connectivity index (χ2v) is 5.88. The minimum Gasteiger partial charge on any atom is -0.466 e. The summed E-state index contributed by atoms with van der Waals surface area (Å²) in [4.78, 5) is 18.3. The summed E-state index contributed by atoms with van der Waals surface area (Å²) in [7, 11) is 0. The maximum Gasteiger partial charge on any atom is 0.222 e. The van der Waals surface area contributed by atoms with Gasteiger partial charge in [0.05, 0.1) is 5.92 Å². The molecule has 0 aromatic carbocycles. The number of nitrogens with zero attached hydrogens (tertiary/aromatic N) is 2. The van der Waals surface area contributed by atoms with Crippen LogP contribution in [0.3, 0.4) is 0 Å². The number of pyridine rings is 1. The Hall–Kier alpha value is -2.14. The molecular formula is C17H21N3O2. The third kappa shape index (κ3) is 3.20. The van der Waals surface area contributed by atoms with Gasteiger partial charge in [-0.15, -0.1) is 0 Å². The van der Waals surface area contributed by atoms with E-state index in [4.69, 9.17) is 10.2 Å². The number of hydrogen-bond acceptors (Lipinski definition) is 4. The normalized spacial score (nSPS) is 21.3. The summed E-state index contributed by atoms with van der Waals surface area (Å²) >= 11 is 0. The van der Waals surface area contributed by atoms with E-state index in [1.807, 2.05) is 36.1 Å². The fourth-order valence-electron chi connectivity index (χ4n) is 2.94. The molecule has 2 aromatic heterocycles. The van der Waals surface area contributed by atoms with Crippen molar-refractivity contribution in [3.63, 3.8) is 0 Å². The van der Waals surface area contributed by atoms with Gasteiger partial charge < -0.3 is 15.1 Å². The highest BCUT2D eigenvalue weighted by Crippen LogP contribution is 2.28. The van der Waals surface area contributed by atoms with E-state index >= 15 is 0 Å². The molecule has 3 rings (SSSR count). The molecule has 1 amide bonds. The van der Waals surface area contributed by atoms with E-state index in [0.717, 1.165) is 17.1 Å². The number of nitrogens with two attached hydrogens (primary N) is 1. The van der Waals surface area contributed by atoms with Gasteiger partial charge in [-0.25, -0.2) is 0 Å². The summed E-state index contributed by atoms with van der Waals surface area (Å²) in [6.45, 7) is 3.15. The summed E-state index contributed by atoms with van der Waals surface area (Å²) < 4.78 is 5.67. The Bertz CT molecular complexity index is 638. The molecule has 1 fully saturated rings. The number of likely N-dealkylation sites (tertiary alicyclic amines) is 1. The third-order valence-corrected chi connectivity index (χ3v) is 4.19. The molecule has 1 aliphatic rings. The quantitative estimate of drug-likeness (QED) is 0.935. The lowest BCUT2D eigenvalue weighted by molar-refractivity contribution is -0.130. The molecule has 0 saturated carbocycles. The maximum absolute atomic E-state index is 12.4. The second-order valence-electron chi connectivity index (χ2n) is 5.88. The summed E-state index contributed by atoms with van der Waals surface area (Å²) in [5.41, 5.74) is 7.27. The van der Waals surface area contributed by atoms with Crippen molar-refractivity contribution in [1.82, 2.24) is 9.88 Å². The van der Waals surface area contributed by atoms with Crippen LogP contribution in [0.1, 0.15) is 29.4 Å². The van der Waals surface area contributed by atoms with Gasteiger partial charge in [0, 0.05) is 37.9 Å². The molecule has 5 nitrogen and oxygen atoms in total. The summed E-state index contributed by atoms with van der Waals surface area (Å²) in [6, 6.07) is 7.72. The first kappa shape index (κ1) is 14.8. The van der Waals surface area contributed by atoms with E-state index in [2.05, 4.69) is 4.98 Å². The lowest BCUT2D eigenvalue weighted by atomic mass is 10.0. The number of carbonyl (C=O) groups is 1. The third-order valence-electron chi connectivity index (χ3n) is 4.19. The topological polar surface area (TPSA) is 72.4 Å². The fraction of sp³-hybridized carbons (Fsp3) is 0.412. The smallest absolute Gasteiger partial charge is 0.222 e. The number of aryl methyl sites for hydroxylation is 2. The fourth-order valence-corrected chi connectivity index (χ4v) is 2.94. The Morgan fingerprint density at radius 2 is 2.27 bits per heavy atom. The van der Waals surface area contributed by atoms with Crippen LogP contribution in [0.15, 0.2) is 41.1 Å². The molecule has 2 atom stereocenters. The summed E-state index contributed by atoms with van der Waals surface area (Å²) in [5, 5.41) is 0. The van der Waals surface area contributed by atoms with Gasteiger partial charge in [0.25, 0.3) is 0 Å². The minimum absolute atomic E-state index is 0.0621. The molecule has 1 aliphatic heterocycles. The zero-order chi connectivity index (χ0) is 15.5. The first-order valence-electron chi connectivity index (χ1n) is 7.62. The molecule has 0 unspecified atom stereocenters. The Kier molecular flexibility index (Phi) is 4.24. The van der Waals surface area contributed by atoms with Crippen molar-refractivity contribution in [3.8, 4) is 0 Å². The van der Waals surface area contributed by atoms with Gasteiger partial charge in [-0.05, 0) is 37.1 Å². The maximum atomic E-state index is 12.4. The second kappa shape index (κ2) is 6.32. The van der Waals surface area contributed by atoms with Crippen molar-refractivity contribution < 1.29 is 9.21 Å². The number of aromatic nitrogens is 1. The van der Waals surface area contributed by atoms with Crippen molar-refractivity contribution >= 4 is 5.91 Å². The van der Waals surface area contributed by atoms with Gasteiger partial charge in [-0.1, -0.05) is 6.07 Å². The zero-order valence-electron chi connectivity index (χ0n) is 12.7. The largest absolute Gasteiger partial charge is 0.466 e. The van der Waals surface area contributed by atoms with Crippen molar-refractivity contribution in [2.45, 2.75) is 31.7 Å². The van der Waals surface area contributed by atoms with Crippen LogP contribution < -0.4 is 5.73 Å². The monoisotopic (exact) mass is 299 g/mol. The molecule has 5 heteroatoms. The van der Waals surface area contributed by atoms with Crippen LogP contribution in [0.25, 0.3) is 0 Å². The van der Waals surface area contributed by atoms with Crippen molar-refractivity contribution in [2.24, 2.45) is 5.73 Å². The predicted molar refractivity (Wildman–Crippen MR) is 83.3 cm³/mol. The summed E-state index contributed by atoms with van der Waals surface area (Å²) in [5.74, 6) is 2.00. The SMILES string of the molecule is Cc1ccc([C@H]2CN(C(=O)CCc3cccnc3)C[C@@H]2N)o1. The lowest BCUT2D eigenvalue weighted by Crippen LogP contribution is -2.32. The molecule has 22 heavy (non-hydrogen) atoms. The van der Waals surface area contributed by atoms with Gasteiger partial charge in [-0.2, -0.15) is 0 Å². The molecule has 0 bridgehead atoms. The summed E-state index contributed by atoms with van der Waals surface area (Å²) in [6.07, 6.45) is 4.74. The lowest BCUT2D eigenvalue weighted by Gasteiger charge is -2.15. The van der Waals surface area contributed by atoms with Gasteiger partial charge >= 0.3 is 0 Å². The number of rotatable bonds is 4. The molecule has 2 aromatic rings. The molecule has 1 saturated heterocycles. The van der Waals surface area contributed by atoms with Crippen LogP contribution >= 0.6 is 0 Å². The zero-order valence-corrected chi connectivity index (χ0v) is 12.7. The number of carbonyl (C=O) groups excluding carboxylic acids is 1. The predicted octanol–water partition coefficient (Wildman–Crippen LogP) is 1.87. The van der Waals surface area contributed by atoms with Crippen LogP contribution in [-0.4, -0.2) is 34.9 Å². The van der Waals surface area contributed by atoms with Crippen molar-refractivity contribution in [3.05, 3.63) is 53.7 Å². The van der Waals surface area contributed by atoms with E-state index < -0.39 is 0 Å². The van der Waals surface area contributed by atoms with E-state index in [9.17, 15) is 4.79 Å². The molecule has 2 N–H and O–H groups in total. The van der Waals surface area contributed by atoms with E-state index in [0.29, 0.717) is 25.9 Å². The van der Waals surface area contributed by atoms with Gasteiger partial charge in [0.15, 0.2) is 0 Å². The highest BCUT2D eigenvalue weighted by molar-refractivity contribution is 5.77. The Labute approximate surface area is 130 Å². The minimum atomic E-state index is -0.0621. The Morgan fingerprint density at radius 1 is 1.41 bits per heavy atom. The highest BCUT2D eigenvalue weighted by Gasteiger charge is 2.35. The van der Waals surface area contributed by atoms with Gasteiger partial charge in [0.1, 0.15) is 11.5 Å². The number of amides is 1. The van der Waals surface area contributed by atoms with Gasteiger partial charge in [-0.3, -0.25) is 9.78 Å². The Morgan fingerprint density at radius 3 is 2.95 bits per heavy atom. The van der Waals surface area contributed by atoms with E-state index in [1.54, 1.807) is 12.4 Å². The van der Waals surface area contributed by atoms with Crippen LogP contribution in [0.4, 0.5) is 0 Å². The Balaban J connectivity index is 1.58. The van der Waals surface area contributed by atoms with Crippen molar-refractivity contribution in [2.75, 3.05) is 13.1 Å². The molecule has 0 aliphatic carbocycles. The van der Waals surface area contributed by atoms with E-state index in [-0.39, 0.29) is 17.9 Å². The van der Waals surface area contributed by atoms with E-state index in [1.165, 1.54) is 0 Å². The molecule has 116 valence electrons. The van der Waals surface area contributed by atoms with Crippen LogP contribution in [0, 0.1) is 6.92 Å². The van der Waals surface area contributed by atoms with Gasteiger partial charge in [0.2, 0.25) is 5.91 Å². The molecule has 3 heterocycles. The molecule has 0 radical (unpaired) electrons. The molecular weight excluding hydrogens is 278 g/mol. The highest BCUT2D eigenvalue weighted by atomic mass is 16.3. The van der Waals surface area contributed by atoms with Crippen molar-refractivity contribution in [1.29, 1.82) is 0 Å². The number of hydrogen-bond donors (Lipinski definition) is 1. The average Bonchev–Trinajstić information content (AvgIpc) is 3.11. The average molecular weight is 299 g/mol. The number of furan rings is 1. The first-order chi connectivity index (χ1) is 10.6. The molecule has 0 spiro atoms. The van der Waals surface area contributed by atoms with Crippen LogP contribution in [0.2, 0.25) is 0 Å². The van der Waals surface area contributed by atoms with Crippen LogP contribution in [-0.2, 0) is 11.2 Å². The standard InChI is InChI=1S/C17H21N3O2/c1-12-4-6-16(22-12)14-10-20(11-15(14)18)17(21)7-5-13-3-2-8-19-9-13/h2-4,6,8-9,14-15H,5,7,10-11,18H2,1H3/t14-,15-/m0/s1. The van der Waals surface area contributed by atoms with Crippen LogP contribution in [0.5, 0.6) is 0 Å².